The molecule has 0 aliphatic carbocycles. The van der Waals surface area contributed by atoms with E-state index in [-0.39, 0.29) is 11.7 Å². The molecule has 4 rings (SSSR count). The maximum atomic E-state index is 13.7. The Kier molecular flexibility index (Phi) is 3.42. The standard InChI is InChI=1S/C17H13FN2O3/c18-13-4-2-1-3-12(13)17-20-19-16(23-17)10-11-5-6-14-15(9-11)22-8-7-21-14/h1-6,9H,7-8,10H2. The van der Waals surface area contributed by atoms with Crippen LogP contribution in [0.15, 0.2) is 46.9 Å². The molecule has 5 nitrogen and oxygen atoms in total. The van der Waals surface area contributed by atoms with E-state index in [2.05, 4.69) is 10.2 Å². The summed E-state index contributed by atoms with van der Waals surface area (Å²) in [6.07, 6.45) is 0.443. The molecular weight excluding hydrogens is 299 g/mol. The first kappa shape index (κ1) is 13.8. The van der Waals surface area contributed by atoms with Crippen LogP contribution in [-0.2, 0) is 6.42 Å². The Bertz CT molecular complexity index is 847. The third kappa shape index (κ3) is 2.75. The van der Waals surface area contributed by atoms with E-state index in [4.69, 9.17) is 13.9 Å². The third-order valence-electron chi connectivity index (χ3n) is 3.53. The van der Waals surface area contributed by atoms with Gasteiger partial charge in [-0.15, -0.1) is 10.2 Å². The van der Waals surface area contributed by atoms with Crippen LogP contribution in [0.5, 0.6) is 11.5 Å². The summed E-state index contributed by atoms with van der Waals surface area (Å²) in [6, 6.07) is 12.0. The van der Waals surface area contributed by atoms with Crippen LogP contribution < -0.4 is 9.47 Å². The molecule has 116 valence electrons. The number of benzene rings is 2. The zero-order valence-corrected chi connectivity index (χ0v) is 12.2. The van der Waals surface area contributed by atoms with Crippen LogP contribution in [0.4, 0.5) is 4.39 Å². The van der Waals surface area contributed by atoms with Crippen LogP contribution in [0, 0.1) is 5.82 Å². The summed E-state index contributed by atoms with van der Waals surface area (Å²) in [7, 11) is 0. The van der Waals surface area contributed by atoms with Crippen molar-refractivity contribution < 1.29 is 18.3 Å². The molecule has 6 heteroatoms. The van der Waals surface area contributed by atoms with Crippen molar-refractivity contribution in [2.45, 2.75) is 6.42 Å². The largest absolute Gasteiger partial charge is 0.486 e. The average molecular weight is 312 g/mol. The fourth-order valence-electron chi connectivity index (χ4n) is 2.44. The number of halogens is 1. The van der Waals surface area contributed by atoms with Crippen molar-refractivity contribution in [1.29, 1.82) is 0 Å². The molecular formula is C17H13FN2O3. The average Bonchev–Trinajstić information content (AvgIpc) is 3.03. The van der Waals surface area contributed by atoms with Gasteiger partial charge in [-0.2, -0.15) is 0 Å². The minimum atomic E-state index is -0.387. The molecule has 1 aliphatic heterocycles. The molecule has 0 unspecified atom stereocenters. The second-order valence-electron chi connectivity index (χ2n) is 5.14. The van der Waals surface area contributed by atoms with Crippen molar-refractivity contribution in [3.8, 4) is 23.0 Å². The van der Waals surface area contributed by atoms with Crippen LogP contribution >= 0.6 is 0 Å². The van der Waals surface area contributed by atoms with E-state index in [0.717, 1.165) is 11.3 Å². The summed E-state index contributed by atoms with van der Waals surface area (Å²) >= 11 is 0. The van der Waals surface area contributed by atoms with Crippen molar-refractivity contribution in [2.24, 2.45) is 0 Å². The molecule has 1 aliphatic rings. The second kappa shape index (κ2) is 5.72. The minimum absolute atomic E-state index is 0.177. The van der Waals surface area contributed by atoms with Crippen LogP contribution in [-0.4, -0.2) is 23.4 Å². The topological polar surface area (TPSA) is 57.4 Å². The van der Waals surface area contributed by atoms with E-state index < -0.39 is 0 Å². The van der Waals surface area contributed by atoms with Gasteiger partial charge in [0.15, 0.2) is 11.5 Å². The normalized spacial score (nSPS) is 13.1. The van der Waals surface area contributed by atoms with Crippen molar-refractivity contribution in [1.82, 2.24) is 10.2 Å². The zero-order chi connectivity index (χ0) is 15.6. The molecule has 0 fully saturated rings. The molecule has 0 saturated heterocycles. The summed E-state index contributed by atoms with van der Waals surface area (Å²) < 4.78 is 30.3. The fourth-order valence-corrected chi connectivity index (χ4v) is 2.44. The Morgan fingerprint density at radius 1 is 0.957 bits per heavy atom. The van der Waals surface area contributed by atoms with Crippen molar-refractivity contribution in [3.05, 3.63) is 59.7 Å². The van der Waals surface area contributed by atoms with Gasteiger partial charge in [0.2, 0.25) is 5.89 Å². The summed E-state index contributed by atoms with van der Waals surface area (Å²) in [5.41, 5.74) is 1.26. The molecule has 0 bridgehead atoms. The van der Waals surface area contributed by atoms with E-state index in [9.17, 15) is 4.39 Å². The molecule has 0 atom stereocenters. The molecule has 1 aromatic heterocycles. The molecule has 0 amide bonds. The van der Waals surface area contributed by atoms with Gasteiger partial charge in [-0.3, -0.25) is 0 Å². The molecule has 3 aromatic rings. The lowest BCUT2D eigenvalue weighted by Gasteiger charge is -2.18. The smallest absolute Gasteiger partial charge is 0.250 e. The number of hydrogen-bond acceptors (Lipinski definition) is 5. The number of rotatable bonds is 3. The maximum Gasteiger partial charge on any atom is 0.250 e. The first-order valence-electron chi connectivity index (χ1n) is 7.25. The van der Waals surface area contributed by atoms with Gasteiger partial charge in [0, 0.05) is 0 Å². The van der Waals surface area contributed by atoms with Gasteiger partial charge in [0.05, 0.1) is 12.0 Å². The van der Waals surface area contributed by atoms with Gasteiger partial charge in [-0.05, 0) is 29.8 Å². The van der Waals surface area contributed by atoms with Gasteiger partial charge in [-0.1, -0.05) is 18.2 Å². The highest BCUT2D eigenvalue weighted by Gasteiger charge is 2.15. The fraction of sp³-hybridized carbons (Fsp3) is 0.176. The van der Waals surface area contributed by atoms with Crippen LogP contribution in [0.25, 0.3) is 11.5 Å². The summed E-state index contributed by atoms with van der Waals surface area (Å²) in [6.45, 7) is 1.09. The van der Waals surface area contributed by atoms with E-state index in [0.29, 0.717) is 36.8 Å². The molecule has 2 heterocycles. The highest BCUT2D eigenvalue weighted by molar-refractivity contribution is 5.53. The summed E-state index contributed by atoms with van der Waals surface area (Å²) in [5.74, 6) is 1.65. The second-order valence-corrected chi connectivity index (χ2v) is 5.14. The molecule has 2 aromatic carbocycles. The Hall–Kier alpha value is -2.89. The quantitative estimate of drug-likeness (QED) is 0.743. The SMILES string of the molecule is Fc1ccccc1-c1nnc(Cc2ccc3c(c2)OCCO3)o1. The molecule has 0 N–H and O–H groups in total. The lowest BCUT2D eigenvalue weighted by atomic mass is 10.1. The van der Waals surface area contributed by atoms with E-state index in [1.165, 1.54) is 6.07 Å². The van der Waals surface area contributed by atoms with Crippen LogP contribution in [0.1, 0.15) is 11.5 Å². The zero-order valence-electron chi connectivity index (χ0n) is 12.2. The number of nitrogens with zero attached hydrogens (tertiary/aromatic N) is 2. The van der Waals surface area contributed by atoms with E-state index >= 15 is 0 Å². The number of aromatic nitrogens is 2. The molecule has 0 spiro atoms. The summed E-state index contributed by atoms with van der Waals surface area (Å²) in [4.78, 5) is 0. The van der Waals surface area contributed by atoms with Crippen molar-refractivity contribution in [2.75, 3.05) is 13.2 Å². The predicted molar refractivity (Wildman–Crippen MR) is 79.9 cm³/mol. The monoisotopic (exact) mass is 312 g/mol. The van der Waals surface area contributed by atoms with Crippen molar-refractivity contribution in [3.63, 3.8) is 0 Å². The van der Waals surface area contributed by atoms with E-state index in [1.807, 2.05) is 18.2 Å². The Labute approximate surface area is 131 Å². The van der Waals surface area contributed by atoms with E-state index in [1.54, 1.807) is 18.2 Å². The van der Waals surface area contributed by atoms with Gasteiger partial charge in [-0.25, -0.2) is 4.39 Å². The lowest BCUT2D eigenvalue weighted by Crippen LogP contribution is -2.15. The van der Waals surface area contributed by atoms with Crippen LogP contribution in [0.2, 0.25) is 0 Å². The summed E-state index contributed by atoms with van der Waals surface area (Å²) in [5, 5.41) is 7.90. The first-order valence-corrected chi connectivity index (χ1v) is 7.25. The van der Waals surface area contributed by atoms with Gasteiger partial charge < -0.3 is 13.9 Å². The highest BCUT2D eigenvalue weighted by atomic mass is 19.1. The number of ether oxygens (including phenoxy) is 2. The van der Waals surface area contributed by atoms with Gasteiger partial charge >= 0.3 is 0 Å². The van der Waals surface area contributed by atoms with Crippen molar-refractivity contribution >= 4 is 0 Å². The first-order chi connectivity index (χ1) is 11.3. The number of hydrogen-bond donors (Lipinski definition) is 0. The highest BCUT2D eigenvalue weighted by Crippen LogP contribution is 2.31. The Morgan fingerprint density at radius 2 is 1.78 bits per heavy atom. The Morgan fingerprint density at radius 3 is 2.65 bits per heavy atom. The lowest BCUT2D eigenvalue weighted by molar-refractivity contribution is 0.171. The predicted octanol–water partition coefficient (Wildman–Crippen LogP) is 3.24. The third-order valence-corrected chi connectivity index (χ3v) is 3.53. The minimum Gasteiger partial charge on any atom is -0.486 e. The maximum absolute atomic E-state index is 13.7. The molecule has 23 heavy (non-hydrogen) atoms. The van der Waals surface area contributed by atoms with Gasteiger partial charge in [0.25, 0.3) is 5.89 Å². The number of fused-ring (bicyclic) bond motifs is 1. The molecule has 0 saturated carbocycles. The Balaban J connectivity index is 1.57. The molecule has 0 radical (unpaired) electrons. The van der Waals surface area contributed by atoms with Gasteiger partial charge in [0.1, 0.15) is 19.0 Å². The van der Waals surface area contributed by atoms with Crippen LogP contribution in [0.3, 0.4) is 0 Å².